The Labute approximate surface area is 79.4 Å². The second kappa shape index (κ2) is 22.4. The van der Waals surface area contributed by atoms with Crippen LogP contribution in [-0.4, -0.2) is 0 Å². The van der Waals surface area contributed by atoms with Crippen LogP contribution in [0.15, 0.2) is 24.3 Å². The topological polar surface area (TPSA) is 0 Å². The van der Waals surface area contributed by atoms with Crippen LogP contribution in [0.25, 0.3) is 0 Å². The number of unbranched alkanes of at least 4 members (excludes halogenated alkanes) is 1. The van der Waals surface area contributed by atoms with Gasteiger partial charge in [0, 0.05) is 0 Å². The summed E-state index contributed by atoms with van der Waals surface area (Å²) in [6, 6.07) is 0. The van der Waals surface area contributed by atoms with Gasteiger partial charge in [0.1, 0.15) is 0 Å². The van der Waals surface area contributed by atoms with Crippen LogP contribution in [0.1, 0.15) is 54.4 Å². The maximum absolute atomic E-state index is 2.18. The van der Waals surface area contributed by atoms with Crippen LogP contribution in [0.3, 0.4) is 0 Å². The molecule has 0 aliphatic heterocycles. The smallest absolute Gasteiger partial charge is 0.0163 e. The molecule has 1 aliphatic rings. The molecule has 0 radical (unpaired) electrons. The molecule has 0 N–H and O–H groups in total. The molecule has 0 spiro atoms. The van der Waals surface area contributed by atoms with Crippen LogP contribution in [0.2, 0.25) is 0 Å². The Morgan fingerprint density at radius 2 is 1.25 bits per heavy atom. The van der Waals surface area contributed by atoms with Gasteiger partial charge in [-0.1, -0.05) is 72.3 Å². The van der Waals surface area contributed by atoms with E-state index >= 15 is 0 Å². The van der Waals surface area contributed by atoms with Gasteiger partial charge in [-0.15, -0.1) is 0 Å². The molecule has 74 valence electrons. The van der Waals surface area contributed by atoms with Crippen LogP contribution in [0.5, 0.6) is 0 Å². The third-order valence-corrected chi connectivity index (χ3v) is 1.16. The van der Waals surface area contributed by atoms with Crippen molar-refractivity contribution in [3.63, 3.8) is 0 Å². The summed E-state index contributed by atoms with van der Waals surface area (Å²) >= 11 is 0. The average Bonchev–Trinajstić information content (AvgIpc) is 2.65. The normalized spacial score (nSPS) is 10.3. The van der Waals surface area contributed by atoms with Crippen LogP contribution >= 0.6 is 0 Å². The predicted octanol–water partition coefficient (Wildman–Crippen LogP) is 4.97. The maximum atomic E-state index is 2.18. The summed E-state index contributed by atoms with van der Waals surface area (Å²) in [4.78, 5) is 0. The largest absolute Gasteiger partial charge is 0.0808 e. The Bertz CT molecular complexity index is 76.2. The molecule has 0 fully saturated rings. The molecule has 0 aromatic rings. The first-order valence-corrected chi connectivity index (χ1v) is 4.73. The van der Waals surface area contributed by atoms with Gasteiger partial charge in [-0.3, -0.25) is 0 Å². The average molecular weight is 170 g/mol. The first-order valence-electron chi connectivity index (χ1n) is 4.73. The molecule has 0 bridgehead atoms. The van der Waals surface area contributed by atoms with E-state index < -0.39 is 0 Å². The fraction of sp³-hybridized carbons (Fsp3) is 0.667. The number of allylic oxidation sites excluding steroid dienone is 4. The van der Waals surface area contributed by atoms with Crippen LogP contribution in [-0.2, 0) is 0 Å². The van der Waals surface area contributed by atoms with Gasteiger partial charge in [-0.25, -0.2) is 0 Å². The minimum atomic E-state index is 0. The van der Waals surface area contributed by atoms with Crippen molar-refractivity contribution in [2.24, 2.45) is 0 Å². The third kappa shape index (κ3) is 22.7. The van der Waals surface area contributed by atoms with Crippen LogP contribution in [0, 0.1) is 0 Å². The molecule has 0 atom stereocenters. The number of hydrogen-bond donors (Lipinski definition) is 0. The summed E-state index contributed by atoms with van der Waals surface area (Å²) in [7, 11) is 0. The van der Waals surface area contributed by atoms with Gasteiger partial charge in [0.05, 0.1) is 0 Å². The highest BCUT2D eigenvalue weighted by molar-refractivity contribution is 5.11. The lowest BCUT2D eigenvalue weighted by atomic mass is 10.4. The monoisotopic (exact) mass is 170 g/mol. The van der Waals surface area contributed by atoms with E-state index in [-0.39, 0.29) is 7.43 Å². The fourth-order valence-electron chi connectivity index (χ4n) is 0.393. The molecule has 12 heavy (non-hydrogen) atoms. The number of rotatable bonds is 1. The van der Waals surface area contributed by atoms with Crippen molar-refractivity contribution in [3.05, 3.63) is 24.3 Å². The summed E-state index contributed by atoms with van der Waals surface area (Å²) in [5.74, 6) is 0. The van der Waals surface area contributed by atoms with E-state index in [1.807, 2.05) is 13.8 Å². The van der Waals surface area contributed by atoms with Gasteiger partial charge in [0.2, 0.25) is 0 Å². The lowest BCUT2D eigenvalue weighted by Crippen LogP contribution is -1.47. The van der Waals surface area contributed by atoms with Crippen molar-refractivity contribution in [1.82, 2.24) is 0 Å². The Balaban J connectivity index is -0.000000107. The molecule has 0 heteroatoms. The molecule has 0 saturated carbocycles. The highest BCUT2D eigenvalue weighted by atomic mass is 13.8. The van der Waals surface area contributed by atoms with E-state index in [4.69, 9.17) is 0 Å². The third-order valence-electron chi connectivity index (χ3n) is 1.16. The van der Waals surface area contributed by atoms with E-state index in [9.17, 15) is 0 Å². The van der Waals surface area contributed by atoms with Crippen molar-refractivity contribution >= 4 is 0 Å². The standard InChI is InChI=1S/C5H6.C4H10.C2H6.CH4/c1-2-4-5-3-1;1-3-4-2;1-2;/h1-4H,5H2;3-4H2,1-2H3;1-2H3;1H4. The summed E-state index contributed by atoms with van der Waals surface area (Å²) < 4.78 is 0. The van der Waals surface area contributed by atoms with Crippen LogP contribution in [0.4, 0.5) is 0 Å². The Hall–Kier alpha value is -0.520. The first-order chi connectivity index (χ1) is 5.41. The fourth-order valence-corrected chi connectivity index (χ4v) is 0.393. The number of hydrogen-bond acceptors (Lipinski definition) is 0. The zero-order valence-corrected chi connectivity index (χ0v) is 8.43. The summed E-state index contributed by atoms with van der Waals surface area (Å²) in [6.45, 7) is 8.36. The van der Waals surface area contributed by atoms with Crippen molar-refractivity contribution in [2.45, 2.75) is 54.4 Å². The van der Waals surface area contributed by atoms with Crippen LogP contribution < -0.4 is 0 Å². The van der Waals surface area contributed by atoms with Gasteiger partial charge < -0.3 is 0 Å². The molecule has 1 rings (SSSR count). The minimum Gasteiger partial charge on any atom is -0.0808 e. The molecule has 0 aromatic carbocycles. The van der Waals surface area contributed by atoms with E-state index in [1.165, 1.54) is 12.8 Å². The van der Waals surface area contributed by atoms with Gasteiger partial charge >= 0.3 is 0 Å². The molecule has 0 unspecified atom stereocenters. The summed E-state index contributed by atoms with van der Waals surface area (Å²) in [5, 5.41) is 0. The van der Waals surface area contributed by atoms with Gasteiger partial charge in [-0.05, 0) is 6.42 Å². The molecular formula is C12H26. The predicted molar refractivity (Wildman–Crippen MR) is 61.6 cm³/mol. The SMILES string of the molecule is C.C1=CCC=C1.CC.CCCC. The molecule has 1 aliphatic carbocycles. The quantitative estimate of drug-likeness (QED) is 0.521. The second-order valence-corrected chi connectivity index (χ2v) is 2.09. The van der Waals surface area contributed by atoms with Gasteiger partial charge in [0.15, 0.2) is 0 Å². The second-order valence-electron chi connectivity index (χ2n) is 2.09. The van der Waals surface area contributed by atoms with E-state index in [1.54, 1.807) is 0 Å². The van der Waals surface area contributed by atoms with Crippen molar-refractivity contribution in [1.29, 1.82) is 0 Å². The highest BCUT2D eigenvalue weighted by Crippen LogP contribution is 1.93. The van der Waals surface area contributed by atoms with E-state index in [0.29, 0.717) is 0 Å². The zero-order valence-electron chi connectivity index (χ0n) is 8.43. The summed E-state index contributed by atoms with van der Waals surface area (Å²) in [5.41, 5.74) is 0. The Morgan fingerprint density at radius 3 is 1.33 bits per heavy atom. The Morgan fingerprint density at radius 1 is 0.917 bits per heavy atom. The maximum Gasteiger partial charge on any atom is -0.0163 e. The highest BCUT2D eigenvalue weighted by Gasteiger charge is 1.72. The van der Waals surface area contributed by atoms with Gasteiger partial charge in [-0.2, -0.15) is 0 Å². The molecular weight excluding hydrogens is 144 g/mol. The van der Waals surface area contributed by atoms with Crippen molar-refractivity contribution < 1.29 is 0 Å². The van der Waals surface area contributed by atoms with Gasteiger partial charge in [0.25, 0.3) is 0 Å². The van der Waals surface area contributed by atoms with E-state index in [0.717, 1.165) is 6.42 Å². The Kier molecular flexibility index (Phi) is 32.8. The zero-order chi connectivity index (χ0) is 8.95. The minimum absolute atomic E-state index is 0. The lowest BCUT2D eigenvalue weighted by Gasteiger charge is -1.68. The first kappa shape index (κ1) is 17.5. The van der Waals surface area contributed by atoms with Crippen molar-refractivity contribution in [2.75, 3.05) is 0 Å². The molecule has 0 heterocycles. The van der Waals surface area contributed by atoms with Crippen molar-refractivity contribution in [3.8, 4) is 0 Å². The summed E-state index contributed by atoms with van der Waals surface area (Å²) in [6.07, 6.45) is 12.1. The molecule has 0 saturated heterocycles. The molecule has 0 amide bonds. The molecule has 0 aromatic heterocycles. The molecule has 0 nitrogen and oxygen atoms in total. The van der Waals surface area contributed by atoms with E-state index in [2.05, 4.69) is 38.2 Å². The lowest BCUT2D eigenvalue weighted by molar-refractivity contribution is 0.886.